The zero-order valence-electron chi connectivity index (χ0n) is 11.8. The highest BCUT2D eigenvalue weighted by atomic mass is 19.1. The zero-order valence-corrected chi connectivity index (χ0v) is 11.8. The molecule has 5 heteroatoms. The molecule has 3 nitrogen and oxygen atoms in total. The van der Waals surface area contributed by atoms with Crippen LogP contribution in [0.15, 0.2) is 61.2 Å². The van der Waals surface area contributed by atoms with Gasteiger partial charge in [-0.15, -0.1) is 6.58 Å². The number of halogens is 2. The van der Waals surface area contributed by atoms with E-state index in [-0.39, 0.29) is 18.3 Å². The van der Waals surface area contributed by atoms with Crippen molar-refractivity contribution in [2.24, 2.45) is 0 Å². The van der Waals surface area contributed by atoms with Crippen LogP contribution in [0.3, 0.4) is 0 Å². The van der Waals surface area contributed by atoms with Gasteiger partial charge in [0.05, 0.1) is 0 Å². The summed E-state index contributed by atoms with van der Waals surface area (Å²) in [5, 5.41) is 0. The van der Waals surface area contributed by atoms with E-state index in [0.717, 1.165) is 12.1 Å². The Morgan fingerprint density at radius 2 is 1.91 bits per heavy atom. The molecule has 0 radical (unpaired) electrons. The quantitative estimate of drug-likeness (QED) is 0.764. The second-order valence-corrected chi connectivity index (χ2v) is 4.49. The average molecular weight is 303 g/mol. The number of hydrogen-bond donors (Lipinski definition) is 0. The smallest absolute Gasteiger partial charge is 0.265 e. The van der Waals surface area contributed by atoms with Crippen LogP contribution in [-0.2, 0) is 4.79 Å². The molecule has 0 aliphatic heterocycles. The maximum absolute atomic E-state index is 13.5. The van der Waals surface area contributed by atoms with Crippen LogP contribution in [0, 0.1) is 11.6 Å². The fraction of sp³-hybridized carbons (Fsp3) is 0.118. The molecule has 2 aromatic carbocycles. The van der Waals surface area contributed by atoms with E-state index in [1.165, 1.54) is 4.90 Å². The maximum Gasteiger partial charge on any atom is 0.265 e. The van der Waals surface area contributed by atoms with Crippen LogP contribution in [-0.4, -0.2) is 19.1 Å². The number of ether oxygens (including phenoxy) is 1. The molecule has 0 aliphatic carbocycles. The molecule has 0 N–H and O–H groups in total. The Kier molecular flexibility index (Phi) is 5.25. The van der Waals surface area contributed by atoms with Gasteiger partial charge in [-0.2, -0.15) is 0 Å². The lowest BCUT2D eigenvalue weighted by Gasteiger charge is -2.21. The maximum atomic E-state index is 13.5. The van der Waals surface area contributed by atoms with Crippen LogP contribution >= 0.6 is 0 Å². The van der Waals surface area contributed by atoms with Crippen molar-refractivity contribution in [2.45, 2.75) is 0 Å². The minimum atomic E-state index is -0.845. The van der Waals surface area contributed by atoms with Crippen molar-refractivity contribution in [2.75, 3.05) is 18.1 Å². The molecule has 22 heavy (non-hydrogen) atoms. The summed E-state index contributed by atoms with van der Waals surface area (Å²) in [7, 11) is 0. The first kappa shape index (κ1) is 15.7. The molecule has 0 saturated carbocycles. The molecule has 1 amide bonds. The van der Waals surface area contributed by atoms with Crippen molar-refractivity contribution in [1.29, 1.82) is 0 Å². The first-order valence-electron chi connectivity index (χ1n) is 6.66. The molecule has 0 saturated heterocycles. The number of rotatable bonds is 6. The van der Waals surface area contributed by atoms with Gasteiger partial charge < -0.3 is 9.64 Å². The van der Waals surface area contributed by atoms with Crippen molar-refractivity contribution < 1.29 is 18.3 Å². The Bertz CT molecular complexity index is 659. The molecule has 0 heterocycles. The third-order valence-corrected chi connectivity index (χ3v) is 2.93. The number of para-hydroxylation sites is 1. The van der Waals surface area contributed by atoms with E-state index in [1.54, 1.807) is 30.3 Å². The second kappa shape index (κ2) is 7.36. The molecular formula is C17H15F2NO2. The molecule has 0 fully saturated rings. The average Bonchev–Trinajstić information content (AvgIpc) is 2.52. The van der Waals surface area contributed by atoms with Gasteiger partial charge in [0.15, 0.2) is 18.2 Å². The summed E-state index contributed by atoms with van der Waals surface area (Å²) in [6.45, 7) is 3.56. The Morgan fingerprint density at radius 3 is 2.55 bits per heavy atom. The third kappa shape index (κ3) is 3.91. The fourth-order valence-electron chi connectivity index (χ4n) is 1.90. The lowest BCUT2D eigenvalue weighted by molar-refractivity contribution is -0.120. The van der Waals surface area contributed by atoms with Crippen molar-refractivity contribution in [3.8, 4) is 5.75 Å². The first-order chi connectivity index (χ1) is 10.6. The Morgan fingerprint density at radius 1 is 1.18 bits per heavy atom. The van der Waals surface area contributed by atoms with Crippen molar-refractivity contribution >= 4 is 11.6 Å². The minimum absolute atomic E-state index is 0.165. The summed E-state index contributed by atoms with van der Waals surface area (Å²) in [5.41, 5.74) is 0.690. The normalized spacial score (nSPS) is 10.1. The van der Waals surface area contributed by atoms with E-state index in [0.29, 0.717) is 18.3 Å². The Balaban J connectivity index is 2.07. The van der Waals surface area contributed by atoms with Gasteiger partial charge in [-0.3, -0.25) is 4.79 Å². The standard InChI is InChI=1S/C17H15F2NO2/c1-2-10-20(14-6-4-3-5-7-14)17(21)12-22-16-9-8-13(18)11-15(16)19/h2-9,11H,1,10,12H2. The summed E-state index contributed by atoms with van der Waals surface area (Å²) in [6.07, 6.45) is 1.59. The second-order valence-electron chi connectivity index (χ2n) is 4.49. The highest BCUT2D eigenvalue weighted by Gasteiger charge is 2.16. The van der Waals surface area contributed by atoms with Crippen molar-refractivity contribution in [3.63, 3.8) is 0 Å². The van der Waals surface area contributed by atoms with Gasteiger partial charge in [-0.1, -0.05) is 24.3 Å². The molecule has 0 spiro atoms. The monoisotopic (exact) mass is 303 g/mol. The van der Waals surface area contributed by atoms with E-state index < -0.39 is 11.6 Å². The van der Waals surface area contributed by atoms with E-state index in [1.807, 2.05) is 6.07 Å². The van der Waals surface area contributed by atoms with Gasteiger partial charge in [0, 0.05) is 18.3 Å². The molecule has 0 bridgehead atoms. The van der Waals surface area contributed by atoms with Gasteiger partial charge in [0.25, 0.3) is 5.91 Å². The molecule has 0 aromatic heterocycles. The Hall–Kier alpha value is -2.69. The highest BCUT2D eigenvalue weighted by molar-refractivity contribution is 5.94. The molecule has 0 atom stereocenters. The summed E-state index contributed by atoms with van der Waals surface area (Å²) in [6, 6.07) is 11.9. The lowest BCUT2D eigenvalue weighted by atomic mass is 10.3. The van der Waals surface area contributed by atoms with E-state index in [4.69, 9.17) is 4.74 Å². The van der Waals surface area contributed by atoms with E-state index in [2.05, 4.69) is 6.58 Å². The lowest BCUT2D eigenvalue weighted by Crippen LogP contribution is -2.35. The molecule has 0 unspecified atom stereocenters. The van der Waals surface area contributed by atoms with Gasteiger partial charge >= 0.3 is 0 Å². The topological polar surface area (TPSA) is 29.5 Å². The molecule has 0 aliphatic rings. The van der Waals surface area contributed by atoms with Crippen LogP contribution in [0.25, 0.3) is 0 Å². The number of carbonyl (C=O) groups is 1. The first-order valence-corrected chi connectivity index (χ1v) is 6.66. The molecule has 114 valence electrons. The predicted octanol–water partition coefficient (Wildman–Crippen LogP) is 3.56. The van der Waals surface area contributed by atoms with Gasteiger partial charge in [0.2, 0.25) is 0 Å². The van der Waals surface area contributed by atoms with Gasteiger partial charge in [-0.05, 0) is 24.3 Å². The summed E-state index contributed by atoms with van der Waals surface area (Å²) < 4.78 is 31.4. The summed E-state index contributed by atoms with van der Waals surface area (Å²) in [5.74, 6) is -2.06. The number of amides is 1. The van der Waals surface area contributed by atoms with Crippen LogP contribution in [0.4, 0.5) is 14.5 Å². The van der Waals surface area contributed by atoms with Crippen LogP contribution < -0.4 is 9.64 Å². The third-order valence-electron chi connectivity index (χ3n) is 2.93. The number of benzene rings is 2. The summed E-state index contributed by atoms with van der Waals surface area (Å²) >= 11 is 0. The fourth-order valence-corrected chi connectivity index (χ4v) is 1.90. The van der Waals surface area contributed by atoms with E-state index in [9.17, 15) is 13.6 Å². The minimum Gasteiger partial charge on any atom is -0.481 e. The molecule has 2 rings (SSSR count). The van der Waals surface area contributed by atoms with Gasteiger partial charge in [0.1, 0.15) is 5.82 Å². The number of anilines is 1. The van der Waals surface area contributed by atoms with Crippen LogP contribution in [0.5, 0.6) is 5.75 Å². The SMILES string of the molecule is C=CCN(C(=O)COc1ccc(F)cc1F)c1ccccc1. The Labute approximate surface area is 127 Å². The number of nitrogens with zero attached hydrogens (tertiary/aromatic N) is 1. The van der Waals surface area contributed by atoms with Crippen LogP contribution in [0.2, 0.25) is 0 Å². The van der Waals surface area contributed by atoms with Crippen LogP contribution in [0.1, 0.15) is 0 Å². The predicted molar refractivity (Wildman–Crippen MR) is 80.8 cm³/mol. The molecular weight excluding hydrogens is 288 g/mol. The molecule has 2 aromatic rings. The summed E-state index contributed by atoms with van der Waals surface area (Å²) in [4.78, 5) is 13.7. The number of carbonyl (C=O) groups excluding carboxylic acids is 1. The highest BCUT2D eigenvalue weighted by Crippen LogP contribution is 2.18. The largest absolute Gasteiger partial charge is 0.481 e. The van der Waals surface area contributed by atoms with Crippen molar-refractivity contribution in [1.82, 2.24) is 0 Å². The van der Waals surface area contributed by atoms with Gasteiger partial charge in [-0.25, -0.2) is 8.78 Å². The number of hydrogen-bond acceptors (Lipinski definition) is 2. The van der Waals surface area contributed by atoms with Crippen molar-refractivity contribution in [3.05, 3.63) is 72.8 Å². The van der Waals surface area contributed by atoms with E-state index >= 15 is 0 Å². The zero-order chi connectivity index (χ0) is 15.9.